The average molecular weight is 364 g/mol. The van der Waals surface area contributed by atoms with Crippen molar-refractivity contribution in [1.82, 2.24) is 5.01 Å². The monoisotopic (exact) mass is 364 g/mol. The van der Waals surface area contributed by atoms with Crippen molar-refractivity contribution in [2.75, 3.05) is 0 Å². The third-order valence-electron chi connectivity index (χ3n) is 4.10. The fraction of sp³-hybridized carbons (Fsp3) is 0.222. The number of halogens is 3. The molecule has 1 amide bonds. The molecule has 0 fully saturated rings. The van der Waals surface area contributed by atoms with Gasteiger partial charge in [0.1, 0.15) is 0 Å². The summed E-state index contributed by atoms with van der Waals surface area (Å²) in [5, 5.41) is 24.0. The Balaban J connectivity index is 2.00. The Bertz CT molecular complexity index is 825. The molecule has 2 N–H and O–H groups in total. The van der Waals surface area contributed by atoms with Crippen LogP contribution < -0.4 is 0 Å². The van der Waals surface area contributed by atoms with Gasteiger partial charge >= 0.3 is 6.18 Å². The molecule has 0 unspecified atom stereocenters. The van der Waals surface area contributed by atoms with E-state index < -0.39 is 30.3 Å². The minimum absolute atomic E-state index is 0.0625. The van der Waals surface area contributed by atoms with E-state index in [4.69, 9.17) is 0 Å². The Morgan fingerprint density at radius 1 is 1.08 bits per heavy atom. The molecule has 136 valence electrons. The Morgan fingerprint density at radius 2 is 1.62 bits per heavy atom. The molecule has 8 heteroatoms. The van der Waals surface area contributed by atoms with E-state index in [9.17, 15) is 28.2 Å². The lowest BCUT2D eigenvalue weighted by molar-refractivity contribution is -0.303. The third-order valence-corrected chi connectivity index (χ3v) is 4.10. The highest BCUT2D eigenvalue weighted by Gasteiger charge is 2.63. The Labute approximate surface area is 147 Å². The van der Waals surface area contributed by atoms with E-state index in [0.29, 0.717) is 5.56 Å². The second kappa shape index (κ2) is 6.54. The molecule has 0 aromatic heterocycles. The zero-order valence-corrected chi connectivity index (χ0v) is 13.4. The molecule has 3 rings (SSSR count). The summed E-state index contributed by atoms with van der Waals surface area (Å²) in [6, 6.07) is 15.4. The quantitative estimate of drug-likeness (QED) is 0.879. The van der Waals surface area contributed by atoms with E-state index in [2.05, 4.69) is 5.10 Å². The first-order valence-electron chi connectivity index (χ1n) is 7.73. The highest BCUT2D eigenvalue weighted by Crippen LogP contribution is 2.42. The number of hydrogen-bond acceptors (Lipinski definition) is 4. The molecule has 1 aliphatic heterocycles. The van der Waals surface area contributed by atoms with Gasteiger partial charge in [0.15, 0.2) is 6.10 Å². The van der Waals surface area contributed by atoms with Crippen molar-refractivity contribution in [3.63, 3.8) is 0 Å². The number of hydrogen-bond donors (Lipinski definition) is 2. The number of hydrazone groups is 1. The number of aliphatic hydroxyl groups excluding tert-OH is 1. The fourth-order valence-electron chi connectivity index (χ4n) is 2.68. The lowest BCUT2D eigenvalue weighted by Gasteiger charge is -2.33. The number of nitrogens with zero attached hydrogens (tertiary/aromatic N) is 2. The SMILES string of the molecule is O=C([C@H](O)c1ccccc1)N1N=C(c2ccccc2)C[C@]1(O)C(F)(F)F. The molecule has 0 spiro atoms. The molecule has 0 aliphatic carbocycles. The second-order valence-electron chi connectivity index (χ2n) is 5.87. The number of amides is 1. The fourth-order valence-corrected chi connectivity index (χ4v) is 2.68. The Hall–Kier alpha value is -2.71. The molecule has 2 aromatic carbocycles. The van der Waals surface area contributed by atoms with Gasteiger partial charge < -0.3 is 10.2 Å². The number of carbonyl (C=O) groups excluding carboxylic acids is 1. The van der Waals surface area contributed by atoms with Crippen LogP contribution in [0, 0.1) is 0 Å². The van der Waals surface area contributed by atoms with Gasteiger partial charge in [0.25, 0.3) is 11.6 Å². The summed E-state index contributed by atoms with van der Waals surface area (Å²) in [4.78, 5) is 12.5. The third kappa shape index (κ3) is 3.09. The normalized spacial score (nSPS) is 21.4. The van der Waals surface area contributed by atoms with E-state index in [0.717, 1.165) is 0 Å². The molecular weight excluding hydrogens is 349 g/mol. The molecule has 1 heterocycles. The summed E-state index contributed by atoms with van der Waals surface area (Å²) >= 11 is 0. The predicted molar refractivity (Wildman–Crippen MR) is 86.8 cm³/mol. The van der Waals surface area contributed by atoms with Gasteiger partial charge in [-0.1, -0.05) is 60.7 Å². The molecule has 26 heavy (non-hydrogen) atoms. The van der Waals surface area contributed by atoms with Crippen molar-refractivity contribution < 1.29 is 28.2 Å². The summed E-state index contributed by atoms with van der Waals surface area (Å²) in [5.74, 6) is -1.36. The van der Waals surface area contributed by atoms with E-state index in [1.165, 1.54) is 36.4 Å². The minimum atomic E-state index is -5.15. The summed E-state index contributed by atoms with van der Waals surface area (Å²) in [6.45, 7) is 0. The first kappa shape index (κ1) is 18.1. The standard InChI is InChI=1S/C18H15F3N2O3/c19-18(20,21)17(26)11-14(12-7-3-1-4-8-12)22-23(17)16(25)15(24)13-9-5-2-6-10-13/h1-10,15,24,26H,11H2/t15-,17+/m1/s1. The van der Waals surface area contributed by atoms with Gasteiger partial charge in [-0.05, 0) is 11.1 Å². The van der Waals surface area contributed by atoms with Crippen LogP contribution in [0.2, 0.25) is 0 Å². The molecule has 5 nitrogen and oxygen atoms in total. The minimum Gasteiger partial charge on any atom is -0.378 e. The molecule has 0 saturated heterocycles. The van der Waals surface area contributed by atoms with Gasteiger partial charge in [-0.25, -0.2) is 0 Å². The molecule has 0 bridgehead atoms. The van der Waals surface area contributed by atoms with Crippen molar-refractivity contribution in [3.8, 4) is 0 Å². The molecule has 0 radical (unpaired) electrons. The lowest BCUT2D eigenvalue weighted by Crippen LogP contribution is -2.57. The largest absolute Gasteiger partial charge is 0.438 e. The van der Waals surface area contributed by atoms with Gasteiger partial charge in [-0.15, -0.1) is 0 Å². The molecule has 0 saturated carbocycles. The zero-order valence-electron chi connectivity index (χ0n) is 13.4. The van der Waals surface area contributed by atoms with Crippen LogP contribution in [-0.4, -0.2) is 38.7 Å². The maximum Gasteiger partial charge on any atom is 0.438 e. The van der Waals surface area contributed by atoms with Crippen molar-refractivity contribution >= 4 is 11.6 Å². The van der Waals surface area contributed by atoms with E-state index in [-0.39, 0.29) is 16.3 Å². The zero-order chi connectivity index (χ0) is 18.9. The van der Waals surface area contributed by atoms with E-state index in [1.54, 1.807) is 24.3 Å². The van der Waals surface area contributed by atoms with Gasteiger partial charge in [-0.2, -0.15) is 23.3 Å². The molecule has 2 aromatic rings. The Kier molecular flexibility index (Phi) is 4.55. The number of benzene rings is 2. The van der Waals surface area contributed by atoms with Crippen LogP contribution in [0.1, 0.15) is 23.7 Å². The first-order valence-corrected chi connectivity index (χ1v) is 7.73. The molecule has 1 aliphatic rings. The summed E-state index contributed by atoms with van der Waals surface area (Å²) in [7, 11) is 0. The Morgan fingerprint density at radius 3 is 2.15 bits per heavy atom. The van der Waals surface area contributed by atoms with Crippen LogP contribution in [0.15, 0.2) is 65.8 Å². The summed E-state index contributed by atoms with van der Waals surface area (Å²) in [6.07, 6.45) is -7.96. The van der Waals surface area contributed by atoms with Gasteiger partial charge in [0, 0.05) is 0 Å². The van der Waals surface area contributed by atoms with Crippen LogP contribution in [0.4, 0.5) is 13.2 Å². The predicted octanol–water partition coefficient (Wildman–Crippen LogP) is 2.61. The number of aliphatic hydroxyl groups is 2. The van der Waals surface area contributed by atoms with Crippen LogP contribution in [0.25, 0.3) is 0 Å². The second-order valence-corrected chi connectivity index (χ2v) is 5.87. The van der Waals surface area contributed by atoms with Gasteiger partial charge in [0.2, 0.25) is 0 Å². The topological polar surface area (TPSA) is 73.1 Å². The first-order chi connectivity index (χ1) is 12.2. The summed E-state index contributed by atoms with van der Waals surface area (Å²) < 4.78 is 40.5. The van der Waals surface area contributed by atoms with Gasteiger partial charge in [0.05, 0.1) is 12.1 Å². The summed E-state index contributed by atoms with van der Waals surface area (Å²) in [5.41, 5.74) is -3.17. The van der Waals surface area contributed by atoms with E-state index >= 15 is 0 Å². The smallest absolute Gasteiger partial charge is 0.378 e. The van der Waals surface area contributed by atoms with Gasteiger partial charge in [-0.3, -0.25) is 4.79 Å². The van der Waals surface area contributed by atoms with Crippen LogP contribution in [0.3, 0.4) is 0 Å². The number of carbonyl (C=O) groups is 1. The lowest BCUT2D eigenvalue weighted by atomic mass is 10.0. The molecule has 2 atom stereocenters. The van der Waals surface area contributed by atoms with Crippen molar-refractivity contribution in [2.24, 2.45) is 5.10 Å². The highest BCUT2D eigenvalue weighted by atomic mass is 19.4. The number of alkyl halides is 3. The van der Waals surface area contributed by atoms with Crippen molar-refractivity contribution in [3.05, 3.63) is 71.8 Å². The van der Waals surface area contributed by atoms with E-state index in [1.807, 2.05) is 0 Å². The van der Waals surface area contributed by atoms with Crippen molar-refractivity contribution in [1.29, 1.82) is 0 Å². The molecular formula is C18H15F3N2O3. The average Bonchev–Trinajstić information content (AvgIpc) is 3.01. The maximum atomic E-state index is 13.5. The van der Waals surface area contributed by atoms with Crippen LogP contribution in [-0.2, 0) is 4.79 Å². The van der Waals surface area contributed by atoms with Crippen molar-refractivity contribution in [2.45, 2.75) is 24.4 Å². The van der Waals surface area contributed by atoms with Crippen LogP contribution in [0.5, 0.6) is 0 Å². The number of rotatable bonds is 3. The maximum absolute atomic E-state index is 13.5. The highest BCUT2D eigenvalue weighted by molar-refractivity contribution is 6.03. The van der Waals surface area contributed by atoms with Crippen LogP contribution >= 0.6 is 0 Å².